The fourth-order valence-corrected chi connectivity index (χ4v) is 2.06. The van der Waals surface area contributed by atoms with Crippen LogP contribution in [0.5, 0.6) is 0 Å². The van der Waals surface area contributed by atoms with E-state index in [1.165, 1.54) is 4.57 Å². The van der Waals surface area contributed by atoms with Gasteiger partial charge in [0.05, 0.1) is 11.9 Å². The summed E-state index contributed by atoms with van der Waals surface area (Å²) in [6.45, 7) is 4.12. The van der Waals surface area contributed by atoms with Crippen LogP contribution in [0.4, 0.5) is 5.82 Å². The monoisotopic (exact) mass is 264 g/mol. The molecule has 0 aliphatic heterocycles. The summed E-state index contributed by atoms with van der Waals surface area (Å²) >= 11 is 0. The van der Waals surface area contributed by atoms with E-state index in [2.05, 4.69) is 4.99 Å². The number of nitrogens with zero attached hydrogens (tertiary/aromatic N) is 4. The van der Waals surface area contributed by atoms with Gasteiger partial charge in [0, 0.05) is 26.7 Å². The topological polar surface area (TPSA) is 59.6 Å². The first-order chi connectivity index (χ1) is 8.97. The van der Waals surface area contributed by atoms with Gasteiger partial charge in [-0.1, -0.05) is 0 Å². The Morgan fingerprint density at radius 1 is 1.37 bits per heavy atom. The SMILES string of the molecule is CCn1c(N=CN(C)C)c(C)c(=O)n(C2CC2)c1=O. The highest BCUT2D eigenvalue weighted by molar-refractivity contribution is 5.60. The zero-order valence-electron chi connectivity index (χ0n) is 11.9. The molecule has 0 bridgehead atoms. The third kappa shape index (κ3) is 2.47. The molecular formula is C13H20N4O2. The van der Waals surface area contributed by atoms with Crippen LogP contribution >= 0.6 is 0 Å². The van der Waals surface area contributed by atoms with Crippen molar-refractivity contribution in [3.8, 4) is 0 Å². The minimum absolute atomic E-state index is 0.0865. The predicted octanol–water partition coefficient (Wildman–Crippen LogP) is 0.895. The molecule has 0 radical (unpaired) electrons. The first-order valence-corrected chi connectivity index (χ1v) is 6.54. The average molecular weight is 264 g/mol. The molecule has 0 amide bonds. The van der Waals surface area contributed by atoms with Gasteiger partial charge in [-0.25, -0.2) is 9.79 Å². The molecule has 19 heavy (non-hydrogen) atoms. The zero-order chi connectivity index (χ0) is 14.2. The van der Waals surface area contributed by atoms with Crippen LogP contribution in [0, 0.1) is 6.92 Å². The molecule has 0 unspecified atom stereocenters. The van der Waals surface area contributed by atoms with Crippen molar-refractivity contribution in [1.29, 1.82) is 0 Å². The maximum Gasteiger partial charge on any atom is 0.332 e. The van der Waals surface area contributed by atoms with Crippen LogP contribution < -0.4 is 11.2 Å². The summed E-state index contributed by atoms with van der Waals surface area (Å²) in [4.78, 5) is 30.7. The second kappa shape index (κ2) is 5.03. The van der Waals surface area contributed by atoms with Crippen LogP contribution in [0.2, 0.25) is 0 Å². The number of hydrogen-bond acceptors (Lipinski definition) is 3. The summed E-state index contributed by atoms with van der Waals surface area (Å²) in [6, 6.07) is 0.0865. The van der Waals surface area contributed by atoms with E-state index in [1.54, 1.807) is 22.7 Å². The van der Waals surface area contributed by atoms with E-state index in [1.807, 2.05) is 21.0 Å². The molecule has 0 aromatic carbocycles. The summed E-state index contributed by atoms with van der Waals surface area (Å²) < 4.78 is 2.95. The maximum absolute atomic E-state index is 12.4. The van der Waals surface area contributed by atoms with Crippen LogP contribution in [0.25, 0.3) is 0 Å². The van der Waals surface area contributed by atoms with Crippen molar-refractivity contribution in [3.05, 3.63) is 26.4 Å². The van der Waals surface area contributed by atoms with E-state index in [0.29, 0.717) is 17.9 Å². The van der Waals surface area contributed by atoms with E-state index in [-0.39, 0.29) is 17.3 Å². The van der Waals surface area contributed by atoms with Gasteiger partial charge in [-0.05, 0) is 26.7 Å². The van der Waals surface area contributed by atoms with E-state index in [0.717, 1.165) is 12.8 Å². The molecule has 1 aliphatic rings. The van der Waals surface area contributed by atoms with Crippen molar-refractivity contribution >= 4 is 12.2 Å². The Bertz CT molecular complexity index is 621. The molecule has 1 saturated carbocycles. The van der Waals surface area contributed by atoms with Gasteiger partial charge in [-0.2, -0.15) is 0 Å². The predicted molar refractivity (Wildman–Crippen MR) is 75.5 cm³/mol. The molecule has 1 heterocycles. The average Bonchev–Trinajstić information content (AvgIpc) is 3.16. The quantitative estimate of drug-likeness (QED) is 0.599. The molecule has 0 N–H and O–H groups in total. The highest BCUT2D eigenvalue weighted by atomic mass is 16.2. The first kappa shape index (κ1) is 13.6. The molecule has 1 fully saturated rings. The van der Waals surface area contributed by atoms with Crippen molar-refractivity contribution in [2.45, 2.75) is 39.3 Å². The van der Waals surface area contributed by atoms with Crippen LogP contribution in [0.15, 0.2) is 14.6 Å². The second-order valence-electron chi connectivity index (χ2n) is 5.09. The molecular weight excluding hydrogens is 244 g/mol. The summed E-state index contributed by atoms with van der Waals surface area (Å²) in [6.07, 6.45) is 3.44. The summed E-state index contributed by atoms with van der Waals surface area (Å²) in [7, 11) is 3.69. The molecule has 6 heteroatoms. The fraction of sp³-hybridized carbons (Fsp3) is 0.615. The smallest absolute Gasteiger partial charge is 0.332 e. The number of aliphatic imine (C=N–C) groups is 1. The van der Waals surface area contributed by atoms with Crippen molar-refractivity contribution in [2.24, 2.45) is 4.99 Å². The zero-order valence-corrected chi connectivity index (χ0v) is 11.9. The summed E-state index contributed by atoms with van der Waals surface area (Å²) in [5.41, 5.74) is 0.0843. The minimum Gasteiger partial charge on any atom is -0.369 e. The molecule has 0 spiro atoms. The molecule has 0 saturated heterocycles. The van der Waals surface area contributed by atoms with Gasteiger partial charge < -0.3 is 4.90 Å². The van der Waals surface area contributed by atoms with Crippen molar-refractivity contribution in [1.82, 2.24) is 14.0 Å². The van der Waals surface area contributed by atoms with Gasteiger partial charge in [0.25, 0.3) is 5.56 Å². The normalized spacial score (nSPS) is 15.2. The third-order valence-electron chi connectivity index (χ3n) is 3.21. The van der Waals surface area contributed by atoms with E-state index in [4.69, 9.17) is 0 Å². The summed E-state index contributed by atoms with van der Waals surface area (Å²) in [5, 5.41) is 0. The second-order valence-corrected chi connectivity index (χ2v) is 5.09. The van der Waals surface area contributed by atoms with Crippen LogP contribution in [-0.2, 0) is 6.54 Å². The van der Waals surface area contributed by atoms with Crippen LogP contribution in [0.1, 0.15) is 31.4 Å². The van der Waals surface area contributed by atoms with E-state index < -0.39 is 0 Å². The van der Waals surface area contributed by atoms with E-state index in [9.17, 15) is 9.59 Å². The van der Waals surface area contributed by atoms with Gasteiger partial charge in [-0.3, -0.25) is 13.9 Å². The highest BCUT2D eigenvalue weighted by Gasteiger charge is 2.29. The van der Waals surface area contributed by atoms with Crippen molar-refractivity contribution < 1.29 is 0 Å². The van der Waals surface area contributed by atoms with Gasteiger partial charge in [0.2, 0.25) is 0 Å². The minimum atomic E-state index is -0.244. The molecule has 2 rings (SSSR count). The Morgan fingerprint density at radius 3 is 2.47 bits per heavy atom. The molecule has 1 aromatic rings. The fourth-order valence-electron chi connectivity index (χ4n) is 2.06. The number of hydrogen-bond donors (Lipinski definition) is 0. The Kier molecular flexibility index (Phi) is 3.59. The molecule has 6 nitrogen and oxygen atoms in total. The van der Waals surface area contributed by atoms with Crippen LogP contribution in [0.3, 0.4) is 0 Å². The number of rotatable bonds is 4. The lowest BCUT2D eigenvalue weighted by Gasteiger charge is -2.14. The van der Waals surface area contributed by atoms with Gasteiger partial charge >= 0.3 is 5.69 Å². The number of aromatic nitrogens is 2. The van der Waals surface area contributed by atoms with E-state index >= 15 is 0 Å². The lowest BCUT2D eigenvalue weighted by atomic mass is 10.3. The molecule has 1 aromatic heterocycles. The van der Waals surface area contributed by atoms with Gasteiger partial charge in [0.1, 0.15) is 5.82 Å². The van der Waals surface area contributed by atoms with Gasteiger partial charge in [-0.15, -0.1) is 0 Å². The lowest BCUT2D eigenvalue weighted by molar-refractivity contribution is 0.574. The Labute approximate surface area is 112 Å². The highest BCUT2D eigenvalue weighted by Crippen LogP contribution is 2.32. The molecule has 104 valence electrons. The molecule has 0 atom stereocenters. The summed E-state index contributed by atoms with van der Waals surface area (Å²) in [5.74, 6) is 0.461. The third-order valence-corrected chi connectivity index (χ3v) is 3.21. The van der Waals surface area contributed by atoms with Crippen LogP contribution in [-0.4, -0.2) is 34.5 Å². The lowest BCUT2D eigenvalue weighted by Crippen LogP contribution is -2.40. The first-order valence-electron chi connectivity index (χ1n) is 6.54. The standard InChI is InChI=1S/C13H20N4O2/c1-5-16-11(14-8-15(3)4)9(2)12(18)17(13(16)19)10-6-7-10/h8,10H,5-7H2,1-4H3. The maximum atomic E-state index is 12.4. The van der Waals surface area contributed by atoms with Gasteiger partial charge in [0.15, 0.2) is 0 Å². The largest absolute Gasteiger partial charge is 0.369 e. The Morgan fingerprint density at radius 2 is 2.00 bits per heavy atom. The Balaban J connectivity index is 2.67. The Hall–Kier alpha value is -1.85. The van der Waals surface area contributed by atoms with Crippen molar-refractivity contribution in [2.75, 3.05) is 14.1 Å². The molecule has 1 aliphatic carbocycles. The van der Waals surface area contributed by atoms with Crippen molar-refractivity contribution in [3.63, 3.8) is 0 Å².